The predicted octanol–water partition coefficient (Wildman–Crippen LogP) is 1.73. The molecule has 2 atom stereocenters. The Bertz CT molecular complexity index is 338. The van der Waals surface area contributed by atoms with Crippen LogP contribution in [0.5, 0.6) is 0 Å². The van der Waals surface area contributed by atoms with Gasteiger partial charge in [0, 0.05) is 6.20 Å². The standard InChI is InChI=1S/C12H18N2O/c1-9(15)14(2)11-7-3-5-10-6-4-8-13-12(10)11/h4,6,8-9,11,15H,3,5,7H2,1-2H3. The van der Waals surface area contributed by atoms with Crippen LogP contribution in [0.3, 0.4) is 0 Å². The zero-order valence-electron chi connectivity index (χ0n) is 9.35. The third-order valence-corrected chi connectivity index (χ3v) is 3.25. The number of aromatic nitrogens is 1. The fourth-order valence-corrected chi connectivity index (χ4v) is 2.24. The van der Waals surface area contributed by atoms with Crippen LogP contribution in [-0.4, -0.2) is 28.3 Å². The molecule has 0 aromatic carbocycles. The molecule has 2 rings (SSSR count). The average Bonchev–Trinajstić information content (AvgIpc) is 2.27. The molecule has 1 aliphatic rings. The van der Waals surface area contributed by atoms with Gasteiger partial charge in [0.05, 0.1) is 11.7 Å². The average molecular weight is 206 g/mol. The molecule has 0 amide bonds. The van der Waals surface area contributed by atoms with Gasteiger partial charge in [0.2, 0.25) is 0 Å². The Hall–Kier alpha value is -0.930. The maximum absolute atomic E-state index is 9.60. The third kappa shape index (κ3) is 2.03. The summed E-state index contributed by atoms with van der Waals surface area (Å²) in [7, 11) is 1.96. The topological polar surface area (TPSA) is 36.4 Å². The van der Waals surface area contributed by atoms with Crippen LogP contribution >= 0.6 is 0 Å². The molecule has 0 bridgehead atoms. The van der Waals surface area contributed by atoms with Gasteiger partial charge in [-0.25, -0.2) is 0 Å². The summed E-state index contributed by atoms with van der Waals surface area (Å²) in [5.41, 5.74) is 2.48. The highest BCUT2D eigenvalue weighted by Gasteiger charge is 2.26. The maximum atomic E-state index is 9.60. The van der Waals surface area contributed by atoms with Crippen LogP contribution in [0.2, 0.25) is 0 Å². The second-order valence-corrected chi connectivity index (χ2v) is 4.25. The van der Waals surface area contributed by atoms with Gasteiger partial charge in [-0.3, -0.25) is 9.88 Å². The van der Waals surface area contributed by atoms with Crippen LogP contribution in [0, 0.1) is 0 Å². The molecule has 2 unspecified atom stereocenters. The summed E-state index contributed by atoms with van der Waals surface area (Å²) in [5.74, 6) is 0. The number of aliphatic hydroxyl groups is 1. The lowest BCUT2D eigenvalue weighted by molar-refractivity contribution is 0.00147. The predicted molar refractivity (Wildman–Crippen MR) is 59.4 cm³/mol. The third-order valence-electron chi connectivity index (χ3n) is 3.25. The number of aliphatic hydroxyl groups excluding tert-OH is 1. The summed E-state index contributed by atoms with van der Waals surface area (Å²) in [4.78, 5) is 6.44. The zero-order valence-corrected chi connectivity index (χ0v) is 9.35. The molecule has 1 heterocycles. The fourth-order valence-electron chi connectivity index (χ4n) is 2.24. The Morgan fingerprint density at radius 2 is 2.40 bits per heavy atom. The molecule has 0 saturated heterocycles. The molecule has 0 radical (unpaired) electrons. The van der Waals surface area contributed by atoms with Crippen molar-refractivity contribution in [2.75, 3.05) is 7.05 Å². The number of fused-ring (bicyclic) bond motifs is 1. The smallest absolute Gasteiger partial charge is 0.104 e. The minimum Gasteiger partial charge on any atom is -0.379 e. The number of nitrogens with zero attached hydrogens (tertiary/aromatic N) is 2. The van der Waals surface area contributed by atoms with E-state index >= 15 is 0 Å². The van der Waals surface area contributed by atoms with Gasteiger partial charge in [-0.2, -0.15) is 0 Å². The van der Waals surface area contributed by atoms with Crippen molar-refractivity contribution < 1.29 is 5.11 Å². The van der Waals surface area contributed by atoms with E-state index in [2.05, 4.69) is 11.1 Å². The van der Waals surface area contributed by atoms with Crippen molar-refractivity contribution in [3.05, 3.63) is 29.6 Å². The first-order valence-corrected chi connectivity index (χ1v) is 5.54. The molecule has 1 N–H and O–H groups in total. The molecule has 3 heteroatoms. The molecule has 3 nitrogen and oxygen atoms in total. The molecule has 0 spiro atoms. The molecular weight excluding hydrogens is 188 g/mol. The summed E-state index contributed by atoms with van der Waals surface area (Å²) in [6.45, 7) is 1.80. The lowest BCUT2D eigenvalue weighted by atomic mass is 9.91. The second kappa shape index (κ2) is 4.29. The number of hydrogen-bond donors (Lipinski definition) is 1. The molecule has 15 heavy (non-hydrogen) atoms. The van der Waals surface area contributed by atoms with Gasteiger partial charge in [-0.1, -0.05) is 6.07 Å². The van der Waals surface area contributed by atoms with E-state index in [0.29, 0.717) is 0 Å². The molecule has 0 fully saturated rings. The van der Waals surface area contributed by atoms with Crippen LogP contribution in [0.4, 0.5) is 0 Å². The van der Waals surface area contributed by atoms with Gasteiger partial charge in [0.1, 0.15) is 6.23 Å². The summed E-state index contributed by atoms with van der Waals surface area (Å²) < 4.78 is 0. The van der Waals surface area contributed by atoms with Crippen LogP contribution in [0.1, 0.15) is 37.1 Å². The highest BCUT2D eigenvalue weighted by Crippen LogP contribution is 2.32. The van der Waals surface area contributed by atoms with Crippen molar-refractivity contribution in [2.24, 2.45) is 0 Å². The molecule has 0 aliphatic heterocycles. The van der Waals surface area contributed by atoms with Gasteiger partial charge in [-0.05, 0) is 44.9 Å². The normalized spacial score (nSPS) is 22.5. The van der Waals surface area contributed by atoms with E-state index in [4.69, 9.17) is 0 Å². The van der Waals surface area contributed by atoms with Crippen LogP contribution in [-0.2, 0) is 6.42 Å². The first-order chi connectivity index (χ1) is 7.20. The summed E-state index contributed by atoms with van der Waals surface area (Å²) in [5, 5.41) is 9.60. The highest BCUT2D eigenvalue weighted by atomic mass is 16.3. The Kier molecular flexibility index (Phi) is 3.03. The quantitative estimate of drug-likeness (QED) is 0.749. The Morgan fingerprint density at radius 3 is 3.13 bits per heavy atom. The Balaban J connectivity index is 2.29. The summed E-state index contributed by atoms with van der Waals surface area (Å²) in [6.07, 6.45) is 4.81. The van der Waals surface area contributed by atoms with E-state index in [-0.39, 0.29) is 6.04 Å². The van der Waals surface area contributed by atoms with Gasteiger partial charge in [0.15, 0.2) is 0 Å². The van der Waals surface area contributed by atoms with Crippen molar-refractivity contribution in [1.29, 1.82) is 0 Å². The largest absolute Gasteiger partial charge is 0.379 e. The maximum Gasteiger partial charge on any atom is 0.104 e. The van der Waals surface area contributed by atoms with Gasteiger partial charge >= 0.3 is 0 Å². The SMILES string of the molecule is CC(O)N(C)C1CCCc2cccnc21. The van der Waals surface area contributed by atoms with Crippen LogP contribution in [0.25, 0.3) is 0 Å². The molecule has 82 valence electrons. The van der Waals surface area contributed by atoms with Gasteiger partial charge in [-0.15, -0.1) is 0 Å². The van der Waals surface area contributed by atoms with Crippen LogP contribution in [0.15, 0.2) is 18.3 Å². The van der Waals surface area contributed by atoms with Gasteiger partial charge in [0.25, 0.3) is 0 Å². The number of aryl methyl sites for hydroxylation is 1. The monoisotopic (exact) mass is 206 g/mol. The second-order valence-electron chi connectivity index (χ2n) is 4.25. The van der Waals surface area contributed by atoms with E-state index in [0.717, 1.165) is 18.5 Å². The fraction of sp³-hybridized carbons (Fsp3) is 0.583. The number of rotatable bonds is 2. The van der Waals surface area contributed by atoms with E-state index in [1.165, 1.54) is 12.0 Å². The van der Waals surface area contributed by atoms with E-state index in [9.17, 15) is 5.11 Å². The number of hydrogen-bond acceptors (Lipinski definition) is 3. The lowest BCUT2D eigenvalue weighted by Gasteiger charge is -2.33. The van der Waals surface area contributed by atoms with Gasteiger partial charge < -0.3 is 5.11 Å². The molecule has 1 aromatic heterocycles. The Labute approximate surface area is 90.8 Å². The summed E-state index contributed by atoms with van der Waals surface area (Å²) >= 11 is 0. The van der Waals surface area contributed by atoms with Crippen molar-refractivity contribution in [2.45, 2.75) is 38.5 Å². The minimum absolute atomic E-state index is 0.273. The minimum atomic E-state index is -0.414. The molecule has 1 aliphatic carbocycles. The lowest BCUT2D eigenvalue weighted by Crippen LogP contribution is -2.35. The summed E-state index contributed by atoms with van der Waals surface area (Å²) in [6, 6.07) is 4.41. The van der Waals surface area contributed by atoms with E-state index in [1.54, 1.807) is 6.92 Å². The van der Waals surface area contributed by atoms with Crippen molar-refractivity contribution >= 4 is 0 Å². The van der Waals surface area contributed by atoms with E-state index < -0.39 is 6.23 Å². The Morgan fingerprint density at radius 1 is 1.60 bits per heavy atom. The zero-order chi connectivity index (χ0) is 10.8. The van der Waals surface area contributed by atoms with Crippen molar-refractivity contribution in [1.82, 2.24) is 9.88 Å². The number of pyridine rings is 1. The molecule has 0 saturated carbocycles. The first kappa shape index (κ1) is 10.6. The van der Waals surface area contributed by atoms with Crippen molar-refractivity contribution in [3.63, 3.8) is 0 Å². The molecule has 1 aromatic rings. The van der Waals surface area contributed by atoms with Crippen LogP contribution < -0.4 is 0 Å². The highest BCUT2D eigenvalue weighted by molar-refractivity contribution is 5.25. The molecular formula is C12H18N2O. The van der Waals surface area contributed by atoms with Crippen molar-refractivity contribution in [3.8, 4) is 0 Å². The first-order valence-electron chi connectivity index (χ1n) is 5.54. The van der Waals surface area contributed by atoms with E-state index in [1.807, 2.05) is 24.2 Å².